The fourth-order valence-electron chi connectivity index (χ4n) is 1.49. The number of benzene rings is 1. The molecule has 0 fully saturated rings. The fraction of sp³-hybridized carbons (Fsp3) is 0.308. The van der Waals surface area contributed by atoms with Crippen molar-refractivity contribution in [3.63, 3.8) is 0 Å². The van der Waals surface area contributed by atoms with Gasteiger partial charge in [0.15, 0.2) is 0 Å². The quantitative estimate of drug-likeness (QED) is 0.506. The highest BCUT2D eigenvalue weighted by molar-refractivity contribution is 7.89. The zero-order valence-corrected chi connectivity index (χ0v) is 11.9. The van der Waals surface area contributed by atoms with Crippen molar-refractivity contribution < 1.29 is 22.7 Å². The Morgan fingerprint density at radius 1 is 1.43 bits per heavy atom. The number of halogens is 1. The predicted molar refractivity (Wildman–Crippen MR) is 75.3 cm³/mol. The first-order chi connectivity index (χ1) is 9.83. The van der Waals surface area contributed by atoms with E-state index in [-0.39, 0.29) is 30.9 Å². The van der Waals surface area contributed by atoms with Crippen molar-refractivity contribution in [1.29, 1.82) is 0 Å². The van der Waals surface area contributed by atoms with Crippen LogP contribution in [-0.2, 0) is 10.0 Å². The van der Waals surface area contributed by atoms with Gasteiger partial charge < -0.3 is 10.4 Å². The van der Waals surface area contributed by atoms with Gasteiger partial charge >= 0.3 is 0 Å². The lowest BCUT2D eigenvalue weighted by Gasteiger charge is -2.06. The molecule has 4 N–H and O–H groups in total. The normalized spacial score (nSPS) is 10.6. The Kier molecular flexibility index (Phi) is 6.30. The minimum absolute atomic E-state index is 0.0568. The number of primary sulfonamides is 1. The average Bonchev–Trinajstić information content (AvgIpc) is 2.41. The summed E-state index contributed by atoms with van der Waals surface area (Å²) in [4.78, 5) is 11.8. The third-order valence-corrected chi connectivity index (χ3v) is 3.27. The number of hydrogen-bond acceptors (Lipinski definition) is 4. The first-order valence-corrected chi connectivity index (χ1v) is 7.73. The molecule has 0 atom stereocenters. The Morgan fingerprint density at radius 2 is 2.14 bits per heavy atom. The number of aliphatic hydroxyl groups is 1. The highest BCUT2D eigenvalue weighted by Crippen LogP contribution is 2.10. The lowest BCUT2D eigenvalue weighted by atomic mass is 10.1. The van der Waals surface area contributed by atoms with Crippen molar-refractivity contribution in [3.8, 4) is 11.8 Å². The molecule has 1 aromatic carbocycles. The van der Waals surface area contributed by atoms with E-state index in [2.05, 4.69) is 17.2 Å². The molecule has 1 rings (SSSR count). The monoisotopic (exact) mass is 314 g/mol. The highest BCUT2D eigenvalue weighted by Gasteiger charge is 2.12. The molecule has 0 heterocycles. The molecule has 114 valence electrons. The van der Waals surface area contributed by atoms with Gasteiger partial charge in [0.25, 0.3) is 5.91 Å². The summed E-state index contributed by atoms with van der Waals surface area (Å²) in [5, 5.41) is 15.8. The Labute approximate surface area is 122 Å². The van der Waals surface area contributed by atoms with E-state index in [9.17, 15) is 17.6 Å². The maximum absolute atomic E-state index is 13.6. The Morgan fingerprint density at radius 3 is 2.76 bits per heavy atom. The summed E-state index contributed by atoms with van der Waals surface area (Å²) >= 11 is 0. The van der Waals surface area contributed by atoms with Crippen LogP contribution in [0.25, 0.3) is 0 Å². The van der Waals surface area contributed by atoms with Gasteiger partial charge in [0.1, 0.15) is 12.4 Å². The van der Waals surface area contributed by atoms with Crippen molar-refractivity contribution in [2.75, 3.05) is 18.9 Å². The van der Waals surface area contributed by atoms with Crippen molar-refractivity contribution in [1.82, 2.24) is 5.32 Å². The molecular weight excluding hydrogens is 299 g/mol. The van der Waals surface area contributed by atoms with Gasteiger partial charge in [0.2, 0.25) is 10.0 Å². The Bertz CT molecular complexity index is 677. The van der Waals surface area contributed by atoms with Crippen LogP contribution in [0.15, 0.2) is 18.2 Å². The number of rotatable bonds is 5. The number of amides is 1. The van der Waals surface area contributed by atoms with Gasteiger partial charge in [-0.15, -0.1) is 0 Å². The van der Waals surface area contributed by atoms with E-state index in [4.69, 9.17) is 10.2 Å². The molecule has 6 nitrogen and oxygen atoms in total. The molecule has 0 aromatic heterocycles. The van der Waals surface area contributed by atoms with Crippen LogP contribution in [0, 0.1) is 17.7 Å². The molecule has 0 saturated heterocycles. The summed E-state index contributed by atoms with van der Waals surface area (Å²) in [6.45, 7) is -0.284. The number of sulfonamides is 1. The van der Waals surface area contributed by atoms with E-state index in [1.807, 2.05) is 0 Å². The molecule has 0 bridgehead atoms. The highest BCUT2D eigenvalue weighted by atomic mass is 32.2. The minimum Gasteiger partial charge on any atom is -0.384 e. The zero-order valence-electron chi connectivity index (χ0n) is 11.1. The van der Waals surface area contributed by atoms with E-state index in [1.54, 1.807) is 0 Å². The van der Waals surface area contributed by atoms with Crippen molar-refractivity contribution in [3.05, 3.63) is 35.1 Å². The van der Waals surface area contributed by atoms with E-state index in [1.165, 1.54) is 12.1 Å². The summed E-state index contributed by atoms with van der Waals surface area (Å²) in [6.07, 6.45) is 0.135. The number of nitrogens with two attached hydrogens (primary N) is 1. The SMILES string of the molecule is NS(=O)(=O)CCCNC(=O)c1cc(C#CCO)ccc1F. The van der Waals surface area contributed by atoms with Gasteiger partial charge in [-0.3, -0.25) is 4.79 Å². The molecule has 0 radical (unpaired) electrons. The lowest BCUT2D eigenvalue weighted by molar-refractivity contribution is 0.0949. The maximum Gasteiger partial charge on any atom is 0.254 e. The van der Waals surface area contributed by atoms with E-state index in [0.29, 0.717) is 5.56 Å². The summed E-state index contributed by atoms with van der Waals surface area (Å²) < 4.78 is 35.0. The summed E-state index contributed by atoms with van der Waals surface area (Å²) in [7, 11) is -3.58. The van der Waals surface area contributed by atoms with E-state index >= 15 is 0 Å². The molecule has 0 aliphatic rings. The minimum atomic E-state index is -3.58. The van der Waals surface area contributed by atoms with E-state index in [0.717, 1.165) is 6.07 Å². The third kappa shape index (κ3) is 6.35. The van der Waals surface area contributed by atoms with Crippen molar-refractivity contribution in [2.24, 2.45) is 5.14 Å². The Hall–Kier alpha value is -1.95. The van der Waals surface area contributed by atoms with Crippen LogP contribution in [-0.4, -0.2) is 38.3 Å². The number of hydrogen-bond donors (Lipinski definition) is 3. The molecule has 8 heteroatoms. The molecular formula is C13H15FN2O4S. The van der Waals surface area contributed by atoms with Gasteiger partial charge in [-0.2, -0.15) is 0 Å². The van der Waals surface area contributed by atoms with Gasteiger partial charge in [-0.25, -0.2) is 17.9 Å². The number of carbonyl (C=O) groups excluding carboxylic acids is 1. The van der Waals surface area contributed by atoms with Crippen LogP contribution in [0.3, 0.4) is 0 Å². The molecule has 0 aliphatic heterocycles. The third-order valence-electron chi connectivity index (χ3n) is 2.41. The first kappa shape index (κ1) is 17.1. The lowest BCUT2D eigenvalue weighted by Crippen LogP contribution is -2.28. The molecule has 1 amide bonds. The molecule has 21 heavy (non-hydrogen) atoms. The predicted octanol–water partition coefficient (Wildman–Crippen LogP) is -0.422. The molecule has 0 aliphatic carbocycles. The van der Waals surface area contributed by atoms with Crippen LogP contribution in [0.5, 0.6) is 0 Å². The second kappa shape index (κ2) is 7.73. The first-order valence-electron chi connectivity index (χ1n) is 6.01. The fourth-order valence-corrected chi connectivity index (χ4v) is 2.04. The number of nitrogens with one attached hydrogen (secondary N) is 1. The molecule has 0 saturated carbocycles. The Balaban J connectivity index is 2.69. The van der Waals surface area contributed by atoms with Crippen LogP contribution in [0.4, 0.5) is 4.39 Å². The largest absolute Gasteiger partial charge is 0.384 e. The van der Waals surface area contributed by atoms with E-state index < -0.39 is 21.7 Å². The van der Waals surface area contributed by atoms with Crippen LogP contribution >= 0.6 is 0 Å². The standard InChI is InChI=1S/C13H15FN2O4S/c14-12-5-4-10(3-1-7-17)9-11(12)13(18)16-6-2-8-21(15,19)20/h4-5,9,17H,2,6-8H2,(H,16,18)(H2,15,19,20). The topological polar surface area (TPSA) is 109 Å². The molecule has 1 aromatic rings. The van der Waals surface area contributed by atoms with Crippen molar-refractivity contribution >= 4 is 15.9 Å². The zero-order chi connectivity index (χ0) is 15.9. The molecule has 0 unspecified atom stereocenters. The summed E-state index contributed by atoms with van der Waals surface area (Å²) in [6, 6.07) is 3.74. The number of carbonyl (C=O) groups is 1. The second-order valence-corrected chi connectivity index (χ2v) is 5.86. The van der Waals surface area contributed by atoms with Crippen LogP contribution < -0.4 is 10.5 Å². The van der Waals surface area contributed by atoms with Gasteiger partial charge in [0.05, 0.1) is 11.3 Å². The smallest absolute Gasteiger partial charge is 0.254 e. The van der Waals surface area contributed by atoms with Gasteiger partial charge in [-0.05, 0) is 24.6 Å². The second-order valence-electron chi connectivity index (χ2n) is 4.13. The van der Waals surface area contributed by atoms with Gasteiger partial charge in [-0.1, -0.05) is 11.8 Å². The van der Waals surface area contributed by atoms with Crippen molar-refractivity contribution in [2.45, 2.75) is 6.42 Å². The van der Waals surface area contributed by atoms with Crippen LogP contribution in [0.1, 0.15) is 22.3 Å². The maximum atomic E-state index is 13.6. The van der Waals surface area contributed by atoms with Gasteiger partial charge in [0, 0.05) is 12.1 Å². The number of aliphatic hydroxyl groups excluding tert-OH is 1. The molecule has 0 spiro atoms. The summed E-state index contributed by atoms with van der Waals surface area (Å²) in [5.41, 5.74) is 0.190. The average molecular weight is 314 g/mol. The summed E-state index contributed by atoms with van der Waals surface area (Å²) in [5.74, 6) is 3.30. The van der Waals surface area contributed by atoms with Crippen LogP contribution in [0.2, 0.25) is 0 Å².